The Balaban J connectivity index is 1.66. The van der Waals surface area contributed by atoms with Crippen molar-refractivity contribution < 1.29 is 22.7 Å². The summed E-state index contributed by atoms with van der Waals surface area (Å²) in [4.78, 5) is 29.9. The minimum absolute atomic E-state index is 0.0156. The molecule has 1 aromatic heterocycles. The number of ether oxygens (including phenoxy) is 1. The molecule has 1 fully saturated rings. The summed E-state index contributed by atoms with van der Waals surface area (Å²) >= 11 is 13.7. The molecule has 37 heavy (non-hydrogen) atoms. The first-order valence-corrected chi connectivity index (χ1v) is 14.9. The van der Waals surface area contributed by atoms with Crippen LogP contribution in [0, 0.1) is 0 Å². The maximum atomic E-state index is 13.1. The largest absolute Gasteiger partial charge is 0.465 e. The normalized spacial score (nSPS) is 15.4. The van der Waals surface area contributed by atoms with Gasteiger partial charge in [-0.2, -0.15) is 9.30 Å². The van der Waals surface area contributed by atoms with E-state index in [0.717, 1.165) is 43.4 Å². The molecular weight excluding hydrogens is 557 g/mol. The van der Waals surface area contributed by atoms with E-state index in [4.69, 9.17) is 27.9 Å². The van der Waals surface area contributed by atoms with Crippen molar-refractivity contribution in [2.45, 2.75) is 56.5 Å². The number of aromatic nitrogens is 1. The number of carbonyl (C=O) groups is 2. The number of hydrogen-bond acceptors (Lipinski definition) is 6. The molecule has 1 aliphatic rings. The number of halogens is 2. The van der Waals surface area contributed by atoms with Crippen molar-refractivity contribution in [2.24, 2.45) is 4.99 Å². The fourth-order valence-corrected chi connectivity index (χ4v) is 7.65. The van der Waals surface area contributed by atoms with Gasteiger partial charge in [-0.25, -0.2) is 8.42 Å². The molecule has 0 N–H and O–H groups in total. The molecular formula is C25H27Cl2N3O5S2. The molecule has 0 bridgehead atoms. The van der Waals surface area contributed by atoms with Gasteiger partial charge >= 0.3 is 5.97 Å². The van der Waals surface area contributed by atoms with Crippen molar-refractivity contribution in [3.05, 3.63) is 56.8 Å². The third-order valence-corrected chi connectivity index (χ3v) is 9.81. The average molecular weight is 585 g/mol. The van der Waals surface area contributed by atoms with Crippen LogP contribution in [0.4, 0.5) is 0 Å². The van der Waals surface area contributed by atoms with E-state index in [1.807, 2.05) is 0 Å². The van der Waals surface area contributed by atoms with E-state index in [1.165, 1.54) is 33.1 Å². The van der Waals surface area contributed by atoms with Crippen LogP contribution in [0.15, 0.2) is 46.3 Å². The Morgan fingerprint density at radius 1 is 1.14 bits per heavy atom. The lowest BCUT2D eigenvalue weighted by Gasteiger charge is -2.30. The minimum Gasteiger partial charge on any atom is -0.465 e. The second-order valence-electron chi connectivity index (χ2n) is 8.76. The Morgan fingerprint density at radius 3 is 2.46 bits per heavy atom. The van der Waals surface area contributed by atoms with Crippen LogP contribution in [0.5, 0.6) is 0 Å². The van der Waals surface area contributed by atoms with Gasteiger partial charge < -0.3 is 9.30 Å². The van der Waals surface area contributed by atoms with Gasteiger partial charge in [-0.3, -0.25) is 9.59 Å². The molecule has 1 saturated carbocycles. The zero-order valence-corrected chi connectivity index (χ0v) is 23.6. The van der Waals surface area contributed by atoms with Gasteiger partial charge in [0.2, 0.25) is 10.0 Å². The zero-order valence-electron chi connectivity index (χ0n) is 20.4. The van der Waals surface area contributed by atoms with Gasteiger partial charge in [-0.15, -0.1) is 0 Å². The topological polar surface area (TPSA) is 98.0 Å². The number of thiazole rings is 1. The van der Waals surface area contributed by atoms with E-state index < -0.39 is 21.9 Å². The van der Waals surface area contributed by atoms with Crippen molar-refractivity contribution in [3.63, 3.8) is 0 Å². The van der Waals surface area contributed by atoms with E-state index in [2.05, 4.69) is 4.99 Å². The van der Waals surface area contributed by atoms with Gasteiger partial charge in [0.25, 0.3) is 5.91 Å². The van der Waals surface area contributed by atoms with Gasteiger partial charge in [-0.1, -0.05) is 53.8 Å². The summed E-state index contributed by atoms with van der Waals surface area (Å²) in [6, 6.07) is 8.95. The Labute approximate surface area is 229 Å². The molecule has 1 heterocycles. The fraction of sp³-hybridized carbons (Fsp3) is 0.400. The maximum absolute atomic E-state index is 13.1. The summed E-state index contributed by atoms with van der Waals surface area (Å²) in [6.45, 7) is 1.72. The molecule has 1 amide bonds. The SMILES string of the molecule is CCOC(=O)Cn1c(=NC(=O)c2ccc(S(=O)(=O)N(C)C3CCCCC3)cc2)sc2cc(Cl)cc(Cl)c21. The summed E-state index contributed by atoms with van der Waals surface area (Å²) in [7, 11) is -2.07. The Morgan fingerprint density at radius 2 is 1.81 bits per heavy atom. The first kappa shape index (κ1) is 27.8. The Kier molecular flexibility index (Phi) is 8.75. The van der Waals surface area contributed by atoms with Gasteiger partial charge in [0, 0.05) is 23.7 Å². The number of esters is 1. The number of amides is 1. The van der Waals surface area contributed by atoms with Crippen LogP contribution in [0.2, 0.25) is 10.0 Å². The molecule has 0 spiro atoms. The maximum Gasteiger partial charge on any atom is 0.326 e. The molecule has 0 saturated heterocycles. The van der Waals surface area contributed by atoms with E-state index in [0.29, 0.717) is 20.3 Å². The lowest BCUT2D eigenvalue weighted by Crippen LogP contribution is -2.38. The molecule has 0 atom stereocenters. The third-order valence-electron chi connectivity index (χ3n) is 6.35. The molecule has 0 unspecified atom stereocenters. The first-order chi connectivity index (χ1) is 17.6. The van der Waals surface area contributed by atoms with Crippen LogP contribution in [0.25, 0.3) is 10.2 Å². The predicted octanol–water partition coefficient (Wildman–Crippen LogP) is 5.27. The first-order valence-electron chi connectivity index (χ1n) is 11.9. The monoisotopic (exact) mass is 583 g/mol. The fourth-order valence-electron chi connectivity index (χ4n) is 4.42. The van der Waals surface area contributed by atoms with Crippen LogP contribution >= 0.6 is 34.5 Å². The Hall–Kier alpha value is -2.24. The average Bonchev–Trinajstić information content (AvgIpc) is 3.20. The molecule has 12 heteroatoms. The summed E-state index contributed by atoms with van der Waals surface area (Å²) in [5.74, 6) is -1.09. The quantitative estimate of drug-likeness (QED) is 0.353. The number of carbonyl (C=O) groups excluding carboxylic acids is 2. The van der Waals surface area contributed by atoms with Crippen LogP contribution in [0.3, 0.4) is 0 Å². The molecule has 3 aromatic rings. The number of rotatable bonds is 7. The molecule has 0 aliphatic heterocycles. The van der Waals surface area contributed by atoms with E-state index in [-0.39, 0.29) is 34.5 Å². The summed E-state index contributed by atoms with van der Waals surface area (Å²) in [6.07, 6.45) is 4.86. The Bertz CT molecular complexity index is 1490. The van der Waals surface area contributed by atoms with E-state index in [1.54, 1.807) is 26.1 Å². The highest BCUT2D eigenvalue weighted by Gasteiger charge is 2.29. The molecule has 4 rings (SSSR count). The van der Waals surface area contributed by atoms with Crippen molar-refractivity contribution in [2.75, 3.05) is 13.7 Å². The molecule has 1 aliphatic carbocycles. The number of hydrogen-bond donors (Lipinski definition) is 0. The lowest BCUT2D eigenvalue weighted by molar-refractivity contribution is -0.143. The zero-order chi connectivity index (χ0) is 26.7. The highest BCUT2D eigenvalue weighted by atomic mass is 35.5. The standard InChI is InChI=1S/C25H27Cl2N3O5S2/c1-3-35-22(31)15-30-23-20(27)13-17(26)14-21(23)36-25(30)28-24(32)16-9-11-19(12-10-16)37(33,34)29(2)18-7-5-4-6-8-18/h9-14,18H,3-8,15H2,1-2H3. The predicted molar refractivity (Wildman–Crippen MR) is 145 cm³/mol. The number of benzene rings is 2. The minimum atomic E-state index is -3.68. The van der Waals surface area contributed by atoms with Gasteiger partial charge in [-0.05, 0) is 56.2 Å². The van der Waals surface area contributed by atoms with E-state index >= 15 is 0 Å². The molecule has 2 aromatic carbocycles. The molecule has 8 nitrogen and oxygen atoms in total. The van der Waals surface area contributed by atoms with Crippen molar-refractivity contribution in [3.8, 4) is 0 Å². The van der Waals surface area contributed by atoms with Crippen LogP contribution in [-0.4, -0.2) is 48.9 Å². The van der Waals surface area contributed by atoms with Crippen molar-refractivity contribution in [1.82, 2.24) is 8.87 Å². The van der Waals surface area contributed by atoms with Crippen molar-refractivity contribution in [1.29, 1.82) is 0 Å². The number of nitrogens with zero attached hydrogens (tertiary/aromatic N) is 3. The smallest absolute Gasteiger partial charge is 0.326 e. The number of fused-ring (bicyclic) bond motifs is 1. The second kappa shape index (κ2) is 11.7. The third kappa shape index (κ3) is 6.09. The van der Waals surface area contributed by atoms with Gasteiger partial charge in [0.1, 0.15) is 6.54 Å². The van der Waals surface area contributed by atoms with Crippen LogP contribution in [-0.2, 0) is 26.1 Å². The summed E-state index contributed by atoms with van der Waals surface area (Å²) in [5.41, 5.74) is 0.728. The second-order valence-corrected chi connectivity index (χ2v) is 12.6. The highest BCUT2D eigenvalue weighted by molar-refractivity contribution is 7.89. The number of sulfonamides is 1. The summed E-state index contributed by atoms with van der Waals surface area (Å²) < 4.78 is 34.9. The van der Waals surface area contributed by atoms with E-state index in [9.17, 15) is 18.0 Å². The highest BCUT2D eigenvalue weighted by Crippen LogP contribution is 2.30. The van der Waals surface area contributed by atoms with Gasteiger partial charge in [0.05, 0.1) is 26.7 Å². The van der Waals surface area contributed by atoms with Crippen molar-refractivity contribution >= 4 is 66.7 Å². The molecule has 0 radical (unpaired) electrons. The summed E-state index contributed by atoms with van der Waals surface area (Å²) in [5, 5.41) is 0.725. The lowest BCUT2D eigenvalue weighted by atomic mass is 9.96. The van der Waals surface area contributed by atoms with Crippen LogP contribution < -0.4 is 4.80 Å². The van der Waals surface area contributed by atoms with Gasteiger partial charge in [0.15, 0.2) is 4.80 Å². The van der Waals surface area contributed by atoms with Crippen LogP contribution in [0.1, 0.15) is 49.4 Å². The molecule has 198 valence electrons.